The summed E-state index contributed by atoms with van der Waals surface area (Å²) in [6.45, 7) is 0. The summed E-state index contributed by atoms with van der Waals surface area (Å²) in [5, 5.41) is 8.90. The number of benzene rings is 1. The summed E-state index contributed by atoms with van der Waals surface area (Å²) in [7, 11) is 1.55. The van der Waals surface area contributed by atoms with E-state index in [1.165, 1.54) is 0 Å². The smallest absolute Gasteiger partial charge is 0.311 e. The summed E-state index contributed by atoms with van der Waals surface area (Å²) >= 11 is 4.01. The minimum Gasteiger partial charge on any atom is -0.497 e. The van der Waals surface area contributed by atoms with Crippen molar-refractivity contribution in [3.05, 3.63) is 29.8 Å². The Morgan fingerprint density at radius 1 is 1.64 bits per heavy atom. The van der Waals surface area contributed by atoms with Crippen molar-refractivity contribution in [3.63, 3.8) is 0 Å². The molecule has 14 heavy (non-hydrogen) atoms. The molecule has 0 aromatic heterocycles. The molecular weight excluding hydrogens is 200 g/mol. The topological polar surface area (TPSA) is 46.5 Å². The van der Waals surface area contributed by atoms with Crippen LogP contribution in [0.1, 0.15) is 11.5 Å². The van der Waals surface area contributed by atoms with Crippen molar-refractivity contribution in [3.8, 4) is 5.75 Å². The first-order chi connectivity index (χ1) is 6.69. The van der Waals surface area contributed by atoms with E-state index < -0.39 is 11.9 Å². The highest BCUT2D eigenvalue weighted by Gasteiger charge is 2.17. The number of carbonyl (C=O) groups is 1. The summed E-state index contributed by atoms with van der Waals surface area (Å²) in [5.41, 5.74) is 0.715. The molecule has 1 aromatic carbocycles. The molecule has 1 aromatic rings. The molecule has 0 aliphatic rings. The zero-order valence-electron chi connectivity index (χ0n) is 7.80. The molecule has 1 atom stereocenters. The maximum atomic E-state index is 10.8. The first-order valence-electron chi connectivity index (χ1n) is 4.16. The predicted molar refractivity (Wildman–Crippen MR) is 57.2 cm³/mol. The first-order valence-corrected chi connectivity index (χ1v) is 4.80. The third-order valence-corrected chi connectivity index (χ3v) is 2.34. The lowest BCUT2D eigenvalue weighted by Crippen LogP contribution is -2.13. The molecule has 1 N–H and O–H groups in total. The van der Waals surface area contributed by atoms with Gasteiger partial charge in [-0.3, -0.25) is 4.79 Å². The van der Waals surface area contributed by atoms with E-state index >= 15 is 0 Å². The number of carboxylic acid groups (broad SMARTS) is 1. The summed E-state index contributed by atoms with van der Waals surface area (Å²) in [5.74, 6) is -0.500. The Hall–Kier alpha value is -1.16. The molecule has 1 unspecified atom stereocenters. The standard InChI is InChI=1S/C10H12O3S/c1-13-8-4-2-3-7(5-8)9(6-14)10(11)12/h2-5,9,14H,6H2,1H3,(H,11,12). The molecule has 0 saturated heterocycles. The highest BCUT2D eigenvalue weighted by molar-refractivity contribution is 7.80. The third kappa shape index (κ3) is 2.42. The van der Waals surface area contributed by atoms with Gasteiger partial charge in [0.2, 0.25) is 0 Å². The summed E-state index contributed by atoms with van der Waals surface area (Å²) in [4.78, 5) is 10.8. The molecule has 1 rings (SSSR count). The van der Waals surface area contributed by atoms with E-state index in [-0.39, 0.29) is 5.75 Å². The van der Waals surface area contributed by atoms with E-state index in [1.54, 1.807) is 31.4 Å². The van der Waals surface area contributed by atoms with Crippen molar-refractivity contribution in [2.24, 2.45) is 0 Å². The summed E-state index contributed by atoms with van der Waals surface area (Å²) in [6.07, 6.45) is 0. The van der Waals surface area contributed by atoms with E-state index in [4.69, 9.17) is 9.84 Å². The molecule has 0 spiro atoms. The summed E-state index contributed by atoms with van der Waals surface area (Å²) in [6, 6.07) is 7.03. The van der Waals surface area contributed by atoms with Crippen molar-refractivity contribution >= 4 is 18.6 Å². The number of carboxylic acids is 1. The molecule has 0 fully saturated rings. The average Bonchev–Trinajstić information content (AvgIpc) is 2.19. The van der Waals surface area contributed by atoms with Crippen LogP contribution in [0.4, 0.5) is 0 Å². The molecule has 0 bridgehead atoms. The van der Waals surface area contributed by atoms with Gasteiger partial charge in [0.1, 0.15) is 5.75 Å². The van der Waals surface area contributed by atoms with Crippen LogP contribution in [0.2, 0.25) is 0 Å². The molecule has 0 radical (unpaired) electrons. The van der Waals surface area contributed by atoms with Crippen LogP contribution >= 0.6 is 12.6 Å². The fourth-order valence-corrected chi connectivity index (χ4v) is 1.55. The van der Waals surface area contributed by atoms with Crippen LogP contribution in [-0.2, 0) is 4.79 Å². The number of hydrogen-bond donors (Lipinski definition) is 2. The van der Waals surface area contributed by atoms with Crippen molar-refractivity contribution in [2.45, 2.75) is 5.92 Å². The molecule has 0 saturated carbocycles. The Morgan fingerprint density at radius 2 is 2.36 bits per heavy atom. The van der Waals surface area contributed by atoms with Crippen LogP contribution in [0.15, 0.2) is 24.3 Å². The number of aliphatic carboxylic acids is 1. The van der Waals surface area contributed by atoms with E-state index in [9.17, 15) is 4.79 Å². The SMILES string of the molecule is COc1cccc(C(CS)C(=O)O)c1. The van der Waals surface area contributed by atoms with Gasteiger partial charge in [-0.2, -0.15) is 12.6 Å². The minimum absolute atomic E-state index is 0.280. The molecule has 3 nitrogen and oxygen atoms in total. The molecule has 76 valence electrons. The Kier molecular flexibility index (Phi) is 3.83. The summed E-state index contributed by atoms with van der Waals surface area (Å²) < 4.78 is 5.01. The second kappa shape index (κ2) is 4.91. The van der Waals surface area contributed by atoms with Gasteiger partial charge in [-0.05, 0) is 17.7 Å². The minimum atomic E-state index is -0.867. The van der Waals surface area contributed by atoms with Gasteiger partial charge in [-0.1, -0.05) is 12.1 Å². The molecule has 0 heterocycles. The fraction of sp³-hybridized carbons (Fsp3) is 0.300. The van der Waals surface area contributed by atoms with E-state index in [2.05, 4.69) is 12.6 Å². The van der Waals surface area contributed by atoms with Gasteiger partial charge in [0, 0.05) is 5.75 Å². The Morgan fingerprint density at radius 3 is 2.86 bits per heavy atom. The van der Waals surface area contributed by atoms with Gasteiger partial charge in [0.15, 0.2) is 0 Å². The van der Waals surface area contributed by atoms with Gasteiger partial charge in [-0.15, -0.1) is 0 Å². The van der Waals surface area contributed by atoms with E-state index in [0.717, 1.165) is 0 Å². The van der Waals surface area contributed by atoms with Crippen LogP contribution in [0.3, 0.4) is 0 Å². The van der Waals surface area contributed by atoms with Gasteiger partial charge in [0.05, 0.1) is 13.0 Å². The molecule has 0 amide bonds. The molecule has 4 heteroatoms. The number of rotatable bonds is 4. The highest BCUT2D eigenvalue weighted by Crippen LogP contribution is 2.21. The van der Waals surface area contributed by atoms with Gasteiger partial charge in [0.25, 0.3) is 0 Å². The van der Waals surface area contributed by atoms with Crippen molar-refractivity contribution in [1.82, 2.24) is 0 Å². The van der Waals surface area contributed by atoms with Crippen molar-refractivity contribution in [2.75, 3.05) is 12.9 Å². The lowest BCUT2D eigenvalue weighted by molar-refractivity contribution is -0.138. The van der Waals surface area contributed by atoms with E-state index in [0.29, 0.717) is 11.3 Å². The predicted octanol–water partition coefficient (Wildman–Crippen LogP) is 1.79. The number of thiol groups is 1. The van der Waals surface area contributed by atoms with Crippen LogP contribution in [0, 0.1) is 0 Å². The quantitative estimate of drug-likeness (QED) is 0.748. The zero-order chi connectivity index (χ0) is 10.6. The number of hydrogen-bond acceptors (Lipinski definition) is 3. The number of ether oxygens (including phenoxy) is 1. The normalized spacial score (nSPS) is 12.1. The van der Waals surface area contributed by atoms with Crippen molar-refractivity contribution < 1.29 is 14.6 Å². The highest BCUT2D eigenvalue weighted by atomic mass is 32.1. The van der Waals surface area contributed by atoms with Crippen LogP contribution in [-0.4, -0.2) is 23.9 Å². The Labute approximate surface area is 88.1 Å². The maximum absolute atomic E-state index is 10.8. The first kappa shape index (κ1) is 10.9. The van der Waals surface area contributed by atoms with Gasteiger partial charge < -0.3 is 9.84 Å². The lowest BCUT2D eigenvalue weighted by atomic mass is 10.0. The maximum Gasteiger partial charge on any atom is 0.311 e. The average molecular weight is 212 g/mol. The van der Waals surface area contributed by atoms with Gasteiger partial charge in [-0.25, -0.2) is 0 Å². The molecular formula is C10H12O3S. The monoisotopic (exact) mass is 212 g/mol. The fourth-order valence-electron chi connectivity index (χ4n) is 1.18. The molecule has 0 aliphatic carbocycles. The Bertz CT molecular complexity index is 325. The zero-order valence-corrected chi connectivity index (χ0v) is 8.70. The van der Waals surface area contributed by atoms with Crippen LogP contribution in [0.5, 0.6) is 5.75 Å². The number of methoxy groups -OCH3 is 1. The second-order valence-electron chi connectivity index (χ2n) is 2.85. The molecule has 0 aliphatic heterocycles. The van der Waals surface area contributed by atoms with Crippen molar-refractivity contribution in [1.29, 1.82) is 0 Å². The second-order valence-corrected chi connectivity index (χ2v) is 3.22. The Balaban J connectivity index is 2.98. The largest absolute Gasteiger partial charge is 0.497 e. The third-order valence-electron chi connectivity index (χ3n) is 1.98. The lowest BCUT2D eigenvalue weighted by Gasteiger charge is -2.10. The van der Waals surface area contributed by atoms with Crippen LogP contribution < -0.4 is 4.74 Å². The van der Waals surface area contributed by atoms with Gasteiger partial charge >= 0.3 is 5.97 Å². The van der Waals surface area contributed by atoms with E-state index in [1.807, 2.05) is 0 Å². The van der Waals surface area contributed by atoms with Crippen LogP contribution in [0.25, 0.3) is 0 Å².